The molecule has 74 heavy (non-hydrogen) atoms. The summed E-state index contributed by atoms with van der Waals surface area (Å²) in [5.41, 5.74) is 30.4. The fourth-order valence-corrected chi connectivity index (χ4v) is 14.1. The van der Waals surface area contributed by atoms with Gasteiger partial charge in [-0.05, 0) is 141 Å². The number of para-hydroxylation sites is 4. The van der Waals surface area contributed by atoms with Gasteiger partial charge in [0.15, 0.2) is 0 Å². The zero-order valence-electron chi connectivity index (χ0n) is 40.9. The van der Waals surface area contributed by atoms with E-state index in [1.807, 2.05) is 0 Å². The third-order valence-electron chi connectivity index (χ3n) is 16.9. The molecule has 0 atom stereocenters. The Kier molecular flexibility index (Phi) is 8.01. The Bertz CT molecular complexity index is 4280. The second-order valence-corrected chi connectivity index (χ2v) is 20.9. The van der Waals surface area contributed by atoms with E-state index in [-0.39, 0.29) is 13.7 Å². The van der Waals surface area contributed by atoms with Crippen molar-refractivity contribution in [3.05, 3.63) is 242 Å². The highest BCUT2D eigenvalue weighted by atomic mass is 15.2. The molecule has 0 saturated heterocycles. The predicted octanol–water partition coefficient (Wildman–Crippen LogP) is 14.7. The molecule has 0 fully saturated rings. The van der Waals surface area contributed by atoms with Crippen molar-refractivity contribution in [1.82, 2.24) is 8.96 Å². The fourth-order valence-electron chi connectivity index (χ4n) is 14.1. The average Bonchev–Trinajstić information content (AvgIpc) is 4.09. The highest BCUT2D eigenvalue weighted by Gasteiger charge is 2.48. The standard InChI is InChI=1S/C68H44B2N4/c1-41-37-51-63-61-49-21-9-13-25-55(49)74-68(61)64(52-38-42(2)40-60-66(52)70(74)54-24-12-16-28-58(54)72(60)48-35-31-46(32-36-48)44-19-7-4-8-20-44)62-50-22-10-14-26-56(50)73(67(62)63)69-53-23-11-15-27-57(53)71(59(39-41)65(51)69)47-33-29-45(30-34-47)43-17-5-3-6-18-43/h3-40H,1-2H3. The van der Waals surface area contributed by atoms with Crippen LogP contribution >= 0.6 is 0 Å². The van der Waals surface area contributed by atoms with E-state index in [1.165, 1.54) is 144 Å². The first-order valence-electron chi connectivity index (χ1n) is 26.0. The average molecular weight is 939 g/mol. The number of benzene rings is 11. The lowest BCUT2D eigenvalue weighted by Gasteiger charge is -2.42. The summed E-state index contributed by atoms with van der Waals surface area (Å²) < 4.78 is 5.50. The van der Waals surface area contributed by atoms with Crippen LogP contribution in [0.3, 0.4) is 0 Å². The van der Waals surface area contributed by atoms with E-state index >= 15 is 0 Å². The summed E-state index contributed by atoms with van der Waals surface area (Å²) in [6, 6.07) is 86.6. The second-order valence-electron chi connectivity index (χ2n) is 20.9. The van der Waals surface area contributed by atoms with Crippen molar-refractivity contribution >= 4 is 113 Å². The lowest BCUT2D eigenvalue weighted by Crippen LogP contribution is -2.57. The first-order valence-corrected chi connectivity index (χ1v) is 26.0. The van der Waals surface area contributed by atoms with Crippen LogP contribution < -0.4 is 31.7 Å². The minimum atomic E-state index is -0.0615. The molecule has 4 aliphatic heterocycles. The summed E-state index contributed by atoms with van der Waals surface area (Å²) in [4.78, 5) is 5.08. The van der Waals surface area contributed by atoms with E-state index in [1.54, 1.807) is 0 Å². The number of fused-ring (bicyclic) bond motifs is 16. The molecule has 13 aromatic rings. The van der Waals surface area contributed by atoms with Gasteiger partial charge in [0.25, 0.3) is 0 Å². The Morgan fingerprint density at radius 2 is 0.689 bits per heavy atom. The molecule has 6 heterocycles. The van der Waals surface area contributed by atoms with Crippen molar-refractivity contribution in [2.24, 2.45) is 0 Å². The molecule has 4 nitrogen and oxygen atoms in total. The number of anilines is 6. The highest BCUT2D eigenvalue weighted by Crippen LogP contribution is 2.56. The molecule has 342 valence electrons. The van der Waals surface area contributed by atoms with Gasteiger partial charge in [-0.15, -0.1) is 0 Å². The number of hydrogen-bond donors (Lipinski definition) is 0. The summed E-state index contributed by atoms with van der Waals surface area (Å²) in [5, 5.41) is 5.25. The topological polar surface area (TPSA) is 16.3 Å². The van der Waals surface area contributed by atoms with Gasteiger partial charge in [-0.25, -0.2) is 0 Å². The predicted molar refractivity (Wildman–Crippen MR) is 314 cm³/mol. The van der Waals surface area contributed by atoms with Crippen molar-refractivity contribution in [3.63, 3.8) is 0 Å². The van der Waals surface area contributed by atoms with Crippen LogP contribution in [0.1, 0.15) is 11.1 Å². The van der Waals surface area contributed by atoms with E-state index < -0.39 is 0 Å². The third kappa shape index (κ3) is 5.19. The molecule has 0 N–H and O–H groups in total. The molecule has 11 aromatic carbocycles. The van der Waals surface area contributed by atoms with Crippen LogP contribution in [0.2, 0.25) is 0 Å². The lowest BCUT2D eigenvalue weighted by molar-refractivity contribution is 1.24. The van der Waals surface area contributed by atoms with E-state index in [9.17, 15) is 0 Å². The Balaban J connectivity index is 0.998. The summed E-state index contributed by atoms with van der Waals surface area (Å²) in [6.07, 6.45) is 0. The van der Waals surface area contributed by atoms with Crippen LogP contribution in [0.4, 0.5) is 34.1 Å². The molecule has 4 aliphatic rings. The monoisotopic (exact) mass is 938 g/mol. The van der Waals surface area contributed by atoms with Crippen LogP contribution in [0.5, 0.6) is 0 Å². The number of nitrogens with zero attached hydrogens (tertiary/aromatic N) is 4. The summed E-state index contributed by atoms with van der Waals surface area (Å²) in [6.45, 7) is 4.47. The highest BCUT2D eigenvalue weighted by molar-refractivity contribution is 6.91. The van der Waals surface area contributed by atoms with Gasteiger partial charge in [0.1, 0.15) is 0 Å². The van der Waals surface area contributed by atoms with Gasteiger partial charge in [-0.1, -0.05) is 170 Å². The molecule has 0 aliphatic carbocycles. The summed E-state index contributed by atoms with van der Waals surface area (Å²) in [7, 11) is 0. The molecule has 0 spiro atoms. The quantitative estimate of drug-likeness (QED) is 0.164. The molecule has 2 aromatic heterocycles. The van der Waals surface area contributed by atoms with Gasteiger partial charge in [-0.3, -0.25) is 0 Å². The third-order valence-corrected chi connectivity index (χ3v) is 16.9. The van der Waals surface area contributed by atoms with Crippen LogP contribution in [0.15, 0.2) is 231 Å². The zero-order valence-corrected chi connectivity index (χ0v) is 40.9. The van der Waals surface area contributed by atoms with Crippen molar-refractivity contribution in [3.8, 4) is 44.5 Å². The molecule has 6 heteroatoms. The zero-order chi connectivity index (χ0) is 48.5. The van der Waals surface area contributed by atoms with Crippen LogP contribution in [0, 0.1) is 13.8 Å². The van der Waals surface area contributed by atoms with Gasteiger partial charge in [0.05, 0.1) is 0 Å². The van der Waals surface area contributed by atoms with E-state index in [0.717, 1.165) is 11.4 Å². The van der Waals surface area contributed by atoms with Gasteiger partial charge in [0, 0.05) is 88.9 Å². The molecule has 0 unspecified atom stereocenters. The Morgan fingerprint density at radius 1 is 0.324 bits per heavy atom. The van der Waals surface area contributed by atoms with E-state index in [4.69, 9.17) is 0 Å². The van der Waals surface area contributed by atoms with Gasteiger partial charge in [0.2, 0.25) is 0 Å². The van der Waals surface area contributed by atoms with Crippen molar-refractivity contribution < 1.29 is 0 Å². The minimum Gasteiger partial charge on any atom is -0.375 e. The van der Waals surface area contributed by atoms with Crippen molar-refractivity contribution in [2.75, 3.05) is 9.80 Å². The molecule has 0 amide bonds. The molecule has 0 radical (unpaired) electrons. The maximum Gasteiger partial charge on any atom is 0.333 e. The van der Waals surface area contributed by atoms with E-state index in [0.29, 0.717) is 0 Å². The number of aromatic nitrogens is 2. The van der Waals surface area contributed by atoms with Crippen LogP contribution in [0.25, 0.3) is 88.1 Å². The molecule has 0 bridgehead atoms. The minimum absolute atomic E-state index is 0.0615. The molecule has 17 rings (SSSR count). The van der Waals surface area contributed by atoms with Crippen LogP contribution in [-0.2, 0) is 0 Å². The SMILES string of the molecule is Cc1cc2c3c(c1)N(c1ccc(-c4ccccc4)cc1)c1ccccc1B3n1c3ccccc3c3c4c5c(c-2c31)c1ccccc1n5B1c2ccccc2N(c2ccc(-c3ccccc3)cc2)c2cc(C)cc-4c21. The molecular formula is C68H44B2N4. The van der Waals surface area contributed by atoms with Gasteiger partial charge in [-0.2, -0.15) is 0 Å². The van der Waals surface area contributed by atoms with E-state index in [2.05, 4.69) is 263 Å². The Labute approximate surface area is 429 Å². The smallest absolute Gasteiger partial charge is 0.333 e. The maximum absolute atomic E-state index is 2.75. The van der Waals surface area contributed by atoms with Gasteiger partial charge >= 0.3 is 13.7 Å². The summed E-state index contributed by atoms with van der Waals surface area (Å²) in [5.74, 6) is 0. The second kappa shape index (κ2) is 14.7. The van der Waals surface area contributed by atoms with Crippen molar-refractivity contribution in [2.45, 2.75) is 13.8 Å². The molecular weight excluding hydrogens is 894 g/mol. The number of aryl methyl sites for hydroxylation is 2. The molecule has 0 saturated carbocycles. The van der Waals surface area contributed by atoms with Crippen molar-refractivity contribution in [1.29, 1.82) is 0 Å². The summed E-state index contributed by atoms with van der Waals surface area (Å²) >= 11 is 0. The first kappa shape index (κ1) is 40.4. The van der Waals surface area contributed by atoms with Crippen LogP contribution in [-0.4, -0.2) is 22.7 Å². The Hall–Kier alpha value is -9.25. The Morgan fingerprint density at radius 3 is 1.12 bits per heavy atom. The fraction of sp³-hybridized carbons (Fsp3) is 0.0294. The normalized spacial score (nSPS) is 13.4. The maximum atomic E-state index is 2.75. The first-order chi connectivity index (χ1) is 36.6. The van der Waals surface area contributed by atoms with Gasteiger partial charge < -0.3 is 18.8 Å². The largest absolute Gasteiger partial charge is 0.375 e. The number of rotatable bonds is 4. The number of hydrogen-bond acceptors (Lipinski definition) is 2. The lowest BCUT2D eigenvalue weighted by atomic mass is 9.44.